The van der Waals surface area contributed by atoms with Crippen LogP contribution in [-0.2, 0) is 6.42 Å². The maximum absolute atomic E-state index is 9.08. The van der Waals surface area contributed by atoms with Gasteiger partial charge in [0, 0.05) is 4.88 Å². The van der Waals surface area contributed by atoms with Gasteiger partial charge in [-0.2, -0.15) is 5.26 Å². The fraction of sp³-hybridized carbons (Fsp3) is 0.267. The van der Waals surface area contributed by atoms with E-state index in [1.165, 1.54) is 22.5 Å². The van der Waals surface area contributed by atoms with E-state index in [4.69, 9.17) is 11.0 Å². The zero-order valence-corrected chi connectivity index (χ0v) is 11.7. The van der Waals surface area contributed by atoms with Gasteiger partial charge in [0.05, 0.1) is 5.69 Å². The van der Waals surface area contributed by atoms with E-state index in [1.54, 1.807) is 0 Å². The fourth-order valence-corrected chi connectivity index (χ4v) is 3.13. The first kappa shape index (κ1) is 12.7. The van der Waals surface area contributed by atoms with Crippen molar-refractivity contribution < 1.29 is 0 Å². The summed E-state index contributed by atoms with van der Waals surface area (Å²) < 4.78 is 0. The lowest BCUT2D eigenvalue weighted by molar-refractivity contribution is 1.16. The topological polar surface area (TPSA) is 49.8 Å². The van der Waals surface area contributed by atoms with Gasteiger partial charge in [-0.1, -0.05) is 25.1 Å². The van der Waals surface area contributed by atoms with Crippen LogP contribution >= 0.6 is 11.3 Å². The Kier molecular flexibility index (Phi) is 3.40. The van der Waals surface area contributed by atoms with Crippen LogP contribution in [0.3, 0.4) is 0 Å². The quantitative estimate of drug-likeness (QED) is 0.881. The number of nitrogen functional groups attached to an aromatic ring is 1. The predicted molar refractivity (Wildman–Crippen MR) is 77.7 cm³/mol. The largest absolute Gasteiger partial charge is 0.397 e. The van der Waals surface area contributed by atoms with Crippen LogP contribution in [0.15, 0.2) is 18.2 Å². The van der Waals surface area contributed by atoms with Gasteiger partial charge in [0.2, 0.25) is 0 Å². The average molecular weight is 256 g/mol. The minimum absolute atomic E-state index is 0.625. The van der Waals surface area contributed by atoms with E-state index in [1.807, 2.05) is 0 Å². The summed E-state index contributed by atoms with van der Waals surface area (Å²) >= 11 is 1.49. The monoisotopic (exact) mass is 256 g/mol. The van der Waals surface area contributed by atoms with Crippen LogP contribution in [0.2, 0.25) is 0 Å². The van der Waals surface area contributed by atoms with Gasteiger partial charge in [-0.05, 0) is 42.5 Å². The standard InChI is InChI=1S/C15H16N2S/c1-4-12-14(17)13(8-16)18-15(12)11-6-5-9(2)10(3)7-11/h5-7H,4,17H2,1-3H3. The van der Waals surface area contributed by atoms with Crippen molar-refractivity contribution in [3.63, 3.8) is 0 Å². The third-order valence-electron chi connectivity index (χ3n) is 3.27. The number of anilines is 1. The van der Waals surface area contributed by atoms with E-state index in [9.17, 15) is 0 Å². The summed E-state index contributed by atoms with van der Waals surface area (Å²) in [7, 11) is 0. The first-order valence-electron chi connectivity index (χ1n) is 5.97. The number of aryl methyl sites for hydroxylation is 2. The van der Waals surface area contributed by atoms with Crippen molar-refractivity contribution in [1.29, 1.82) is 5.26 Å². The Balaban J connectivity index is 2.63. The van der Waals surface area contributed by atoms with Gasteiger partial charge in [0.15, 0.2) is 0 Å². The second-order valence-electron chi connectivity index (χ2n) is 4.42. The molecule has 18 heavy (non-hydrogen) atoms. The smallest absolute Gasteiger partial charge is 0.128 e. The Morgan fingerprint density at radius 3 is 2.56 bits per heavy atom. The Labute approximate surface area is 112 Å². The molecule has 1 heterocycles. The number of nitrogens with two attached hydrogens (primary N) is 1. The number of thiophene rings is 1. The molecule has 0 bridgehead atoms. The highest BCUT2D eigenvalue weighted by atomic mass is 32.1. The maximum atomic E-state index is 9.08. The van der Waals surface area contributed by atoms with Gasteiger partial charge in [0.25, 0.3) is 0 Å². The Hall–Kier alpha value is -1.79. The summed E-state index contributed by atoms with van der Waals surface area (Å²) in [5.41, 5.74) is 11.5. The lowest BCUT2D eigenvalue weighted by Crippen LogP contribution is -1.91. The molecule has 1 aromatic heterocycles. The Morgan fingerprint density at radius 1 is 1.28 bits per heavy atom. The molecule has 0 aliphatic carbocycles. The number of hydrogen-bond acceptors (Lipinski definition) is 3. The molecule has 0 radical (unpaired) electrons. The molecular formula is C15H16N2S. The minimum Gasteiger partial charge on any atom is -0.397 e. The first-order chi connectivity index (χ1) is 8.58. The van der Waals surface area contributed by atoms with Crippen molar-refractivity contribution in [3.8, 4) is 16.5 Å². The molecule has 92 valence electrons. The third-order valence-corrected chi connectivity index (χ3v) is 4.47. The molecule has 0 aliphatic heterocycles. The van der Waals surface area contributed by atoms with Gasteiger partial charge in [-0.25, -0.2) is 0 Å². The molecule has 2 aromatic rings. The van der Waals surface area contributed by atoms with E-state index in [2.05, 4.69) is 45.0 Å². The third kappa shape index (κ3) is 2.00. The molecule has 0 aliphatic rings. The van der Waals surface area contributed by atoms with Crippen LogP contribution in [0.5, 0.6) is 0 Å². The highest BCUT2D eigenvalue weighted by molar-refractivity contribution is 7.16. The molecule has 2 N–H and O–H groups in total. The molecule has 0 atom stereocenters. The van der Waals surface area contributed by atoms with Crippen LogP contribution in [0.1, 0.15) is 28.5 Å². The van der Waals surface area contributed by atoms with E-state index < -0.39 is 0 Å². The van der Waals surface area contributed by atoms with Crippen molar-refractivity contribution in [2.45, 2.75) is 27.2 Å². The summed E-state index contributed by atoms with van der Waals surface area (Å²) in [6.45, 7) is 6.28. The zero-order valence-electron chi connectivity index (χ0n) is 10.9. The second-order valence-corrected chi connectivity index (χ2v) is 5.44. The molecular weight excluding hydrogens is 240 g/mol. The summed E-state index contributed by atoms with van der Waals surface area (Å²) in [6.07, 6.45) is 0.853. The molecule has 0 saturated carbocycles. The van der Waals surface area contributed by atoms with Gasteiger partial charge in [-0.15, -0.1) is 11.3 Å². The number of benzene rings is 1. The molecule has 0 spiro atoms. The van der Waals surface area contributed by atoms with Crippen molar-refractivity contribution in [2.24, 2.45) is 0 Å². The molecule has 0 fully saturated rings. The van der Waals surface area contributed by atoms with E-state index >= 15 is 0 Å². The lowest BCUT2D eigenvalue weighted by Gasteiger charge is -2.06. The van der Waals surface area contributed by atoms with E-state index in [-0.39, 0.29) is 0 Å². The number of nitriles is 1. The molecule has 2 rings (SSSR count). The highest BCUT2D eigenvalue weighted by Gasteiger charge is 2.15. The number of nitrogens with zero attached hydrogens (tertiary/aromatic N) is 1. The minimum atomic E-state index is 0.625. The van der Waals surface area contributed by atoms with Gasteiger partial charge in [0.1, 0.15) is 10.9 Å². The summed E-state index contributed by atoms with van der Waals surface area (Å²) in [4.78, 5) is 1.76. The molecule has 3 heteroatoms. The van der Waals surface area contributed by atoms with Crippen molar-refractivity contribution in [2.75, 3.05) is 5.73 Å². The summed E-state index contributed by atoms with van der Waals surface area (Å²) in [5.74, 6) is 0. The first-order valence-corrected chi connectivity index (χ1v) is 6.79. The SMILES string of the molecule is CCc1c(-c2ccc(C)c(C)c2)sc(C#N)c1N. The van der Waals surface area contributed by atoms with Crippen LogP contribution in [0.4, 0.5) is 5.69 Å². The fourth-order valence-electron chi connectivity index (χ4n) is 2.03. The van der Waals surface area contributed by atoms with E-state index in [0.717, 1.165) is 22.4 Å². The van der Waals surface area contributed by atoms with Crippen molar-refractivity contribution in [3.05, 3.63) is 39.8 Å². The maximum Gasteiger partial charge on any atom is 0.128 e. The summed E-state index contributed by atoms with van der Waals surface area (Å²) in [5, 5.41) is 9.08. The molecule has 1 aromatic carbocycles. The number of rotatable bonds is 2. The normalized spacial score (nSPS) is 10.3. The van der Waals surface area contributed by atoms with Gasteiger partial charge < -0.3 is 5.73 Å². The van der Waals surface area contributed by atoms with Crippen LogP contribution in [0, 0.1) is 25.2 Å². The van der Waals surface area contributed by atoms with Crippen LogP contribution < -0.4 is 5.73 Å². The molecule has 0 unspecified atom stereocenters. The second kappa shape index (κ2) is 4.83. The van der Waals surface area contributed by atoms with Gasteiger partial charge in [-0.3, -0.25) is 0 Å². The van der Waals surface area contributed by atoms with E-state index in [0.29, 0.717) is 10.6 Å². The van der Waals surface area contributed by atoms with Crippen molar-refractivity contribution in [1.82, 2.24) is 0 Å². The molecule has 0 saturated heterocycles. The number of hydrogen-bond donors (Lipinski definition) is 1. The van der Waals surface area contributed by atoms with Gasteiger partial charge >= 0.3 is 0 Å². The van der Waals surface area contributed by atoms with Crippen molar-refractivity contribution >= 4 is 17.0 Å². The lowest BCUT2D eigenvalue weighted by atomic mass is 10.0. The zero-order chi connectivity index (χ0) is 13.3. The predicted octanol–water partition coefficient (Wildman–Crippen LogP) is 4.05. The van der Waals surface area contributed by atoms with Crippen LogP contribution in [0.25, 0.3) is 10.4 Å². The highest BCUT2D eigenvalue weighted by Crippen LogP contribution is 2.39. The average Bonchev–Trinajstić information content (AvgIpc) is 2.69. The summed E-state index contributed by atoms with van der Waals surface area (Å²) in [6, 6.07) is 8.57. The molecule has 2 nitrogen and oxygen atoms in total. The van der Waals surface area contributed by atoms with Crippen LogP contribution in [-0.4, -0.2) is 0 Å². The Bertz CT molecular complexity index is 633. The Morgan fingerprint density at radius 2 is 2.00 bits per heavy atom. The molecule has 0 amide bonds.